The fourth-order valence-corrected chi connectivity index (χ4v) is 3.43. The summed E-state index contributed by atoms with van der Waals surface area (Å²) in [5.41, 5.74) is 2.27. The van der Waals surface area contributed by atoms with E-state index in [9.17, 15) is 0 Å². The number of anilines is 2. The van der Waals surface area contributed by atoms with Gasteiger partial charge in [0.15, 0.2) is 5.11 Å². The molecule has 1 aromatic carbocycles. The molecule has 0 aromatic heterocycles. The van der Waals surface area contributed by atoms with E-state index in [2.05, 4.69) is 60.6 Å². The van der Waals surface area contributed by atoms with Crippen molar-refractivity contribution in [1.82, 2.24) is 5.32 Å². The Morgan fingerprint density at radius 2 is 1.92 bits per heavy atom. The van der Waals surface area contributed by atoms with Gasteiger partial charge in [0.05, 0.1) is 19.8 Å². The minimum atomic E-state index is 0.500. The quantitative estimate of drug-likeness (QED) is 0.481. The Hall–Kier alpha value is -1.37. The van der Waals surface area contributed by atoms with E-state index in [1.165, 1.54) is 12.2 Å². The largest absolute Gasteiger partial charge is 0.370 e. The first-order valence-electron chi connectivity index (χ1n) is 9.43. The number of nitrogens with zero attached hydrogens (tertiary/aromatic N) is 1. The molecule has 140 valence electrons. The van der Waals surface area contributed by atoms with Gasteiger partial charge in [-0.05, 0) is 57.3 Å². The lowest BCUT2D eigenvalue weighted by molar-refractivity contribution is -0.908. The lowest BCUT2D eigenvalue weighted by Crippen LogP contribution is -3.14. The van der Waals surface area contributed by atoms with Gasteiger partial charge in [-0.1, -0.05) is 0 Å². The molecule has 0 bridgehead atoms. The number of hydrogen-bond acceptors (Lipinski definition) is 3. The van der Waals surface area contributed by atoms with Crippen molar-refractivity contribution in [2.75, 3.05) is 56.2 Å². The first-order valence-corrected chi connectivity index (χ1v) is 9.84. The summed E-state index contributed by atoms with van der Waals surface area (Å²) >= 11 is 5.40. The minimum absolute atomic E-state index is 0.500. The second kappa shape index (κ2) is 10.6. The number of ether oxygens (including phenoxy) is 1. The van der Waals surface area contributed by atoms with E-state index in [0.717, 1.165) is 51.5 Å². The molecule has 1 aliphatic heterocycles. The van der Waals surface area contributed by atoms with Crippen molar-refractivity contribution < 1.29 is 9.64 Å². The van der Waals surface area contributed by atoms with Gasteiger partial charge < -0.3 is 25.2 Å². The third-order valence-electron chi connectivity index (χ3n) is 4.61. The molecular weight excluding hydrogens is 332 g/mol. The summed E-state index contributed by atoms with van der Waals surface area (Å²) in [4.78, 5) is 4.00. The molecule has 5 nitrogen and oxygen atoms in total. The van der Waals surface area contributed by atoms with E-state index in [-0.39, 0.29) is 0 Å². The highest BCUT2D eigenvalue weighted by Gasteiger charge is 2.12. The average Bonchev–Trinajstić information content (AvgIpc) is 2.61. The van der Waals surface area contributed by atoms with E-state index < -0.39 is 0 Å². The lowest BCUT2D eigenvalue weighted by atomic mass is 10.2. The first kappa shape index (κ1) is 19.9. The van der Waals surface area contributed by atoms with Crippen LogP contribution in [0.15, 0.2) is 24.3 Å². The Bertz CT molecular complexity index is 515. The molecule has 0 saturated carbocycles. The molecule has 0 radical (unpaired) electrons. The van der Waals surface area contributed by atoms with E-state index >= 15 is 0 Å². The van der Waals surface area contributed by atoms with E-state index in [0.29, 0.717) is 11.2 Å². The number of morpholine rings is 1. The fourth-order valence-electron chi connectivity index (χ4n) is 3.21. The van der Waals surface area contributed by atoms with Gasteiger partial charge in [0, 0.05) is 36.9 Å². The molecule has 0 aliphatic carbocycles. The maximum atomic E-state index is 5.40. The van der Waals surface area contributed by atoms with Crippen LogP contribution in [0.2, 0.25) is 0 Å². The topological polar surface area (TPSA) is 41.0 Å². The van der Waals surface area contributed by atoms with Crippen LogP contribution in [-0.4, -0.2) is 57.1 Å². The standard InChI is InChI=1S/C19H32N4OS/c1-4-23(16(2)3)18-8-6-17(7-9-18)21-19(25)20-10-5-11-22-12-14-24-15-13-22/h6-9,16H,4-5,10-15H2,1-3H3,(H2,20,21,25)/p+1. The molecule has 6 heteroatoms. The fraction of sp³-hybridized carbons (Fsp3) is 0.632. The summed E-state index contributed by atoms with van der Waals surface area (Å²) in [7, 11) is 0. The molecule has 1 heterocycles. The molecule has 25 heavy (non-hydrogen) atoms. The van der Waals surface area contributed by atoms with Crippen molar-refractivity contribution in [3.63, 3.8) is 0 Å². The highest BCUT2D eigenvalue weighted by atomic mass is 32.1. The first-order chi connectivity index (χ1) is 12.1. The Morgan fingerprint density at radius 1 is 1.24 bits per heavy atom. The zero-order chi connectivity index (χ0) is 18.1. The summed E-state index contributed by atoms with van der Waals surface area (Å²) in [5.74, 6) is 0. The molecule has 3 N–H and O–H groups in total. The zero-order valence-electron chi connectivity index (χ0n) is 15.8. The van der Waals surface area contributed by atoms with Crippen molar-refractivity contribution in [2.24, 2.45) is 0 Å². The third kappa shape index (κ3) is 6.80. The van der Waals surface area contributed by atoms with Crippen LogP contribution in [0.3, 0.4) is 0 Å². The SMILES string of the molecule is CCN(c1ccc(NC(=S)NCCC[NH+]2CCOCC2)cc1)C(C)C. The number of quaternary nitrogens is 1. The summed E-state index contributed by atoms with van der Waals surface area (Å²) in [5, 5.41) is 7.27. The van der Waals surface area contributed by atoms with Gasteiger partial charge in [-0.3, -0.25) is 0 Å². The van der Waals surface area contributed by atoms with Crippen LogP contribution >= 0.6 is 12.2 Å². The van der Waals surface area contributed by atoms with Crippen molar-refractivity contribution in [3.05, 3.63) is 24.3 Å². The lowest BCUT2D eigenvalue weighted by Gasteiger charge is -2.27. The highest BCUT2D eigenvalue weighted by molar-refractivity contribution is 7.80. The smallest absolute Gasteiger partial charge is 0.170 e. The second-order valence-electron chi connectivity index (χ2n) is 6.77. The summed E-state index contributed by atoms with van der Waals surface area (Å²) in [6, 6.07) is 8.98. The molecule has 0 unspecified atom stereocenters. The maximum Gasteiger partial charge on any atom is 0.170 e. The van der Waals surface area contributed by atoms with Crippen LogP contribution in [-0.2, 0) is 4.74 Å². The van der Waals surface area contributed by atoms with E-state index in [4.69, 9.17) is 17.0 Å². The number of nitrogens with one attached hydrogen (secondary N) is 3. The van der Waals surface area contributed by atoms with Gasteiger partial charge in [0.1, 0.15) is 13.1 Å². The number of benzene rings is 1. The molecule has 0 atom stereocenters. The Morgan fingerprint density at radius 3 is 2.52 bits per heavy atom. The minimum Gasteiger partial charge on any atom is -0.370 e. The normalized spacial score (nSPS) is 15.2. The van der Waals surface area contributed by atoms with Crippen LogP contribution in [0, 0.1) is 0 Å². The number of rotatable bonds is 8. The number of thiocarbonyl (C=S) groups is 1. The van der Waals surface area contributed by atoms with Gasteiger partial charge in [-0.2, -0.15) is 0 Å². The highest BCUT2D eigenvalue weighted by Crippen LogP contribution is 2.19. The molecular formula is C19H33N4OS+. The van der Waals surface area contributed by atoms with Crippen molar-refractivity contribution in [3.8, 4) is 0 Å². The summed E-state index contributed by atoms with van der Waals surface area (Å²) in [6.07, 6.45) is 1.12. The second-order valence-corrected chi connectivity index (χ2v) is 7.18. The molecule has 0 amide bonds. The van der Waals surface area contributed by atoms with Gasteiger partial charge in [0.25, 0.3) is 0 Å². The molecule has 1 aromatic rings. The summed E-state index contributed by atoms with van der Waals surface area (Å²) in [6.45, 7) is 13.7. The van der Waals surface area contributed by atoms with Crippen LogP contribution in [0.4, 0.5) is 11.4 Å². The van der Waals surface area contributed by atoms with Crippen LogP contribution < -0.4 is 20.4 Å². The monoisotopic (exact) mass is 365 g/mol. The number of hydrogen-bond donors (Lipinski definition) is 3. The molecule has 1 saturated heterocycles. The predicted molar refractivity (Wildman–Crippen MR) is 110 cm³/mol. The molecule has 2 rings (SSSR count). The van der Waals surface area contributed by atoms with Gasteiger partial charge >= 0.3 is 0 Å². The van der Waals surface area contributed by atoms with Crippen LogP contribution in [0.5, 0.6) is 0 Å². The zero-order valence-corrected chi connectivity index (χ0v) is 16.6. The predicted octanol–water partition coefficient (Wildman–Crippen LogP) is 1.51. The van der Waals surface area contributed by atoms with Gasteiger partial charge in [0.2, 0.25) is 0 Å². The van der Waals surface area contributed by atoms with Gasteiger partial charge in [-0.15, -0.1) is 0 Å². The molecule has 1 fully saturated rings. The van der Waals surface area contributed by atoms with E-state index in [1.54, 1.807) is 4.90 Å². The van der Waals surface area contributed by atoms with Crippen molar-refractivity contribution >= 4 is 28.7 Å². The molecule has 0 spiro atoms. The third-order valence-corrected chi connectivity index (χ3v) is 4.86. The summed E-state index contributed by atoms with van der Waals surface area (Å²) < 4.78 is 5.38. The van der Waals surface area contributed by atoms with Crippen molar-refractivity contribution in [2.45, 2.75) is 33.2 Å². The average molecular weight is 366 g/mol. The Balaban J connectivity index is 1.69. The molecule has 1 aliphatic rings. The van der Waals surface area contributed by atoms with Gasteiger partial charge in [-0.25, -0.2) is 0 Å². The van der Waals surface area contributed by atoms with E-state index in [1.807, 2.05) is 0 Å². The van der Waals surface area contributed by atoms with Crippen molar-refractivity contribution in [1.29, 1.82) is 0 Å². The Labute approximate surface area is 157 Å². The van der Waals surface area contributed by atoms with Crippen LogP contribution in [0.1, 0.15) is 27.2 Å². The Kier molecular flexibility index (Phi) is 8.44. The maximum absolute atomic E-state index is 5.40. The van der Waals surface area contributed by atoms with Crippen LogP contribution in [0.25, 0.3) is 0 Å².